The highest BCUT2D eigenvalue weighted by Gasteiger charge is 2.16. The molecule has 1 aliphatic carbocycles. The lowest BCUT2D eigenvalue weighted by atomic mass is 9.85. The summed E-state index contributed by atoms with van der Waals surface area (Å²) in [5, 5.41) is 12.8. The van der Waals surface area contributed by atoms with E-state index in [0.29, 0.717) is 10.6 Å². The van der Waals surface area contributed by atoms with Crippen LogP contribution in [-0.2, 0) is 6.54 Å². The van der Waals surface area contributed by atoms with Crippen LogP contribution in [0.3, 0.4) is 0 Å². The highest BCUT2D eigenvalue weighted by Crippen LogP contribution is 2.25. The number of benzene rings is 1. The van der Waals surface area contributed by atoms with Gasteiger partial charge in [0.25, 0.3) is 0 Å². The molecule has 0 saturated heterocycles. The van der Waals surface area contributed by atoms with Gasteiger partial charge in [-0.2, -0.15) is 5.26 Å². The summed E-state index contributed by atoms with van der Waals surface area (Å²) in [4.78, 5) is 0. The molecule has 16 heavy (non-hydrogen) atoms. The molecule has 2 rings (SSSR count). The lowest BCUT2D eigenvalue weighted by Gasteiger charge is -2.25. The molecule has 0 unspecified atom stereocenters. The fourth-order valence-electron chi connectivity index (χ4n) is 1.87. The molecular weight excluding hydrogens is 220 g/mol. The first-order valence-corrected chi connectivity index (χ1v) is 6.06. The van der Waals surface area contributed by atoms with E-state index in [1.54, 1.807) is 6.07 Å². The lowest BCUT2D eigenvalue weighted by molar-refractivity contribution is 0.301. The second-order valence-corrected chi connectivity index (χ2v) is 4.75. The molecule has 1 aliphatic rings. The van der Waals surface area contributed by atoms with Crippen molar-refractivity contribution in [3.05, 3.63) is 34.3 Å². The van der Waals surface area contributed by atoms with Crippen LogP contribution >= 0.6 is 11.6 Å². The van der Waals surface area contributed by atoms with Gasteiger partial charge in [-0.15, -0.1) is 0 Å². The van der Waals surface area contributed by atoms with Gasteiger partial charge in [-0.3, -0.25) is 0 Å². The minimum atomic E-state index is 0.618. The van der Waals surface area contributed by atoms with Gasteiger partial charge >= 0.3 is 0 Å². The van der Waals surface area contributed by atoms with Crippen molar-refractivity contribution >= 4 is 11.6 Å². The predicted molar refractivity (Wildman–Crippen MR) is 65.2 cm³/mol. The van der Waals surface area contributed by atoms with Crippen molar-refractivity contribution in [2.75, 3.05) is 6.54 Å². The van der Waals surface area contributed by atoms with Crippen molar-refractivity contribution in [1.82, 2.24) is 5.32 Å². The summed E-state index contributed by atoms with van der Waals surface area (Å²) in [5.74, 6) is 0.858. The molecule has 1 aromatic carbocycles. The summed E-state index contributed by atoms with van der Waals surface area (Å²) < 4.78 is 0. The van der Waals surface area contributed by atoms with Crippen molar-refractivity contribution < 1.29 is 0 Å². The normalized spacial score (nSPS) is 15.5. The van der Waals surface area contributed by atoms with Crippen LogP contribution in [0.15, 0.2) is 18.2 Å². The van der Waals surface area contributed by atoms with Crippen LogP contribution in [0.1, 0.15) is 30.4 Å². The molecule has 1 fully saturated rings. The van der Waals surface area contributed by atoms with Crippen LogP contribution in [0.5, 0.6) is 0 Å². The summed E-state index contributed by atoms with van der Waals surface area (Å²) in [6.45, 7) is 1.87. The zero-order chi connectivity index (χ0) is 11.4. The van der Waals surface area contributed by atoms with Gasteiger partial charge in [0.2, 0.25) is 0 Å². The molecule has 0 amide bonds. The van der Waals surface area contributed by atoms with E-state index >= 15 is 0 Å². The molecule has 0 aromatic heterocycles. The Kier molecular flexibility index (Phi) is 3.82. The molecule has 0 atom stereocenters. The zero-order valence-electron chi connectivity index (χ0n) is 9.17. The first-order chi connectivity index (χ1) is 7.79. The second-order valence-electron chi connectivity index (χ2n) is 4.35. The van der Waals surface area contributed by atoms with Gasteiger partial charge in [-0.05, 0) is 43.0 Å². The van der Waals surface area contributed by atoms with Gasteiger partial charge < -0.3 is 5.32 Å². The van der Waals surface area contributed by atoms with E-state index in [4.69, 9.17) is 16.9 Å². The van der Waals surface area contributed by atoms with Crippen LogP contribution in [-0.4, -0.2) is 6.54 Å². The summed E-state index contributed by atoms with van der Waals surface area (Å²) in [6, 6.07) is 7.54. The molecule has 1 N–H and O–H groups in total. The van der Waals surface area contributed by atoms with Crippen molar-refractivity contribution in [3.8, 4) is 6.07 Å². The molecule has 0 aliphatic heterocycles. The SMILES string of the molecule is N#Cc1ccc(CNCC2CCC2)c(Cl)c1. The standard InChI is InChI=1S/C13H15ClN2/c14-13-6-11(7-15)4-5-12(13)9-16-8-10-2-1-3-10/h4-6,10,16H,1-3,8-9H2. The van der Waals surface area contributed by atoms with E-state index in [1.165, 1.54) is 19.3 Å². The topological polar surface area (TPSA) is 35.8 Å². The molecule has 2 nitrogen and oxygen atoms in total. The number of nitriles is 1. The van der Waals surface area contributed by atoms with Gasteiger partial charge in [0.05, 0.1) is 11.6 Å². The molecule has 1 aromatic rings. The molecule has 84 valence electrons. The zero-order valence-corrected chi connectivity index (χ0v) is 9.93. The number of hydrogen-bond acceptors (Lipinski definition) is 2. The summed E-state index contributed by atoms with van der Waals surface area (Å²) in [6.07, 6.45) is 4.09. The van der Waals surface area contributed by atoms with Crippen LogP contribution in [0.4, 0.5) is 0 Å². The Morgan fingerprint density at radius 2 is 2.25 bits per heavy atom. The summed E-state index contributed by atoms with van der Waals surface area (Å²) in [7, 11) is 0. The van der Waals surface area contributed by atoms with Crippen LogP contribution in [0, 0.1) is 17.2 Å². The minimum absolute atomic E-state index is 0.618. The minimum Gasteiger partial charge on any atom is -0.312 e. The van der Waals surface area contributed by atoms with E-state index in [-0.39, 0.29) is 0 Å². The van der Waals surface area contributed by atoms with E-state index in [1.807, 2.05) is 12.1 Å². The van der Waals surface area contributed by atoms with E-state index in [2.05, 4.69) is 11.4 Å². The van der Waals surface area contributed by atoms with Gasteiger partial charge in [-0.1, -0.05) is 24.1 Å². The molecule has 1 saturated carbocycles. The Labute approximate surface area is 101 Å². The number of hydrogen-bond donors (Lipinski definition) is 1. The monoisotopic (exact) mass is 234 g/mol. The van der Waals surface area contributed by atoms with Gasteiger partial charge in [0, 0.05) is 11.6 Å². The van der Waals surface area contributed by atoms with Gasteiger partial charge in [0.1, 0.15) is 0 Å². The quantitative estimate of drug-likeness (QED) is 0.869. The number of nitrogens with zero attached hydrogens (tertiary/aromatic N) is 1. The average molecular weight is 235 g/mol. The predicted octanol–water partition coefficient (Wildman–Crippen LogP) is 3.10. The molecular formula is C13H15ClN2. The fourth-order valence-corrected chi connectivity index (χ4v) is 2.12. The summed E-state index contributed by atoms with van der Waals surface area (Å²) in [5.41, 5.74) is 1.69. The highest BCUT2D eigenvalue weighted by molar-refractivity contribution is 6.31. The molecule has 0 radical (unpaired) electrons. The number of nitrogens with one attached hydrogen (secondary N) is 1. The Morgan fingerprint density at radius 1 is 1.44 bits per heavy atom. The average Bonchev–Trinajstić information content (AvgIpc) is 2.23. The molecule has 0 spiro atoms. The number of halogens is 1. The Balaban J connectivity index is 1.86. The smallest absolute Gasteiger partial charge is 0.0992 e. The first-order valence-electron chi connectivity index (χ1n) is 5.69. The molecule has 0 heterocycles. The van der Waals surface area contributed by atoms with Crippen LogP contribution < -0.4 is 5.32 Å². The second kappa shape index (κ2) is 5.34. The Bertz CT molecular complexity index is 405. The third-order valence-corrected chi connectivity index (χ3v) is 3.51. The van der Waals surface area contributed by atoms with E-state index < -0.39 is 0 Å². The van der Waals surface area contributed by atoms with Crippen molar-refractivity contribution in [1.29, 1.82) is 5.26 Å². The maximum Gasteiger partial charge on any atom is 0.0992 e. The maximum absolute atomic E-state index is 8.72. The third kappa shape index (κ3) is 2.75. The lowest BCUT2D eigenvalue weighted by Crippen LogP contribution is -2.26. The fraction of sp³-hybridized carbons (Fsp3) is 0.462. The maximum atomic E-state index is 8.72. The Hall–Kier alpha value is -1.04. The van der Waals surface area contributed by atoms with Crippen molar-refractivity contribution in [2.24, 2.45) is 5.92 Å². The first kappa shape index (κ1) is 11.4. The van der Waals surface area contributed by atoms with E-state index in [0.717, 1.165) is 24.6 Å². The Morgan fingerprint density at radius 3 is 2.81 bits per heavy atom. The van der Waals surface area contributed by atoms with Gasteiger partial charge in [-0.25, -0.2) is 0 Å². The van der Waals surface area contributed by atoms with Crippen LogP contribution in [0.2, 0.25) is 5.02 Å². The van der Waals surface area contributed by atoms with Crippen molar-refractivity contribution in [3.63, 3.8) is 0 Å². The molecule has 3 heteroatoms. The van der Waals surface area contributed by atoms with Crippen LogP contribution in [0.25, 0.3) is 0 Å². The summed E-state index contributed by atoms with van der Waals surface area (Å²) >= 11 is 6.08. The van der Waals surface area contributed by atoms with Crippen molar-refractivity contribution in [2.45, 2.75) is 25.8 Å². The highest BCUT2D eigenvalue weighted by atomic mass is 35.5. The molecule has 0 bridgehead atoms. The third-order valence-electron chi connectivity index (χ3n) is 3.16. The van der Waals surface area contributed by atoms with E-state index in [9.17, 15) is 0 Å². The van der Waals surface area contributed by atoms with Gasteiger partial charge in [0.15, 0.2) is 0 Å². The number of rotatable bonds is 4. The largest absolute Gasteiger partial charge is 0.312 e.